The second-order valence-electron chi connectivity index (χ2n) is 8.53. The van der Waals surface area contributed by atoms with Crippen LogP contribution >= 0.6 is 12.4 Å². The number of hydrogen-bond acceptors (Lipinski definition) is 5. The number of nitrogens with zero attached hydrogens (tertiary/aromatic N) is 6. The molecule has 1 amide bonds. The Hall–Kier alpha value is -3.66. The minimum Gasteiger partial charge on any atom is -0.307 e. The fourth-order valence-corrected chi connectivity index (χ4v) is 3.81. The Bertz CT molecular complexity index is 1370. The van der Waals surface area contributed by atoms with E-state index >= 15 is 0 Å². The number of aromatic nitrogens is 6. The Morgan fingerprint density at radius 2 is 2.06 bits per heavy atom. The zero-order valence-corrected chi connectivity index (χ0v) is 20.0. The third kappa shape index (κ3) is 4.93. The Balaban J connectivity index is 0.00000289. The third-order valence-electron chi connectivity index (χ3n) is 5.90. The van der Waals surface area contributed by atoms with Crippen LogP contribution in [-0.2, 0) is 0 Å². The number of aryl methyl sites for hydroxylation is 1. The average molecular weight is 500 g/mol. The molecule has 0 saturated heterocycles. The number of pyridine rings is 1. The van der Waals surface area contributed by atoms with Crippen molar-refractivity contribution in [1.29, 1.82) is 0 Å². The van der Waals surface area contributed by atoms with Gasteiger partial charge in [0.2, 0.25) is 0 Å². The molecule has 11 heteroatoms. The summed E-state index contributed by atoms with van der Waals surface area (Å²) in [6.07, 6.45) is 7.30. The molecule has 5 rings (SSSR count). The first-order valence-electron chi connectivity index (χ1n) is 11.0. The molecule has 0 radical (unpaired) electrons. The Kier molecular flexibility index (Phi) is 6.93. The van der Waals surface area contributed by atoms with E-state index < -0.39 is 24.4 Å². The van der Waals surface area contributed by atoms with Gasteiger partial charge in [0.05, 0.1) is 29.3 Å². The van der Waals surface area contributed by atoms with Gasteiger partial charge < -0.3 is 14.5 Å². The molecule has 1 unspecified atom stereocenters. The van der Waals surface area contributed by atoms with Crippen molar-refractivity contribution in [3.05, 3.63) is 71.8 Å². The molecule has 182 valence electrons. The summed E-state index contributed by atoms with van der Waals surface area (Å²) in [5.41, 5.74) is 2.68. The zero-order chi connectivity index (χ0) is 23.8. The van der Waals surface area contributed by atoms with Gasteiger partial charge in [-0.15, -0.1) is 22.6 Å². The molecule has 1 aliphatic rings. The molecule has 4 aromatic rings. The smallest absolute Gasteiger partial charge is 0.259 e. The Morgan fingerprint density at radius 3 is 2.80 bits per heavy atom. The Labute approximate surface area is 206 Å². The number of carbonyl (C=O) groups is 1. The van der Waals surface area contributed by atoms with Gasteiger partial charge in [0.25, 0.3) is 5.91 Å². The topological polar surface area (TPSA) is 90.5 Å². The largest absolute Gasteiger partial charge is 0.307 e. The normalized spacial score (nSPS) is 13.8. The van der Waals surface area contributed by atoms with Crippen LogP contribution in [-0.4, -0.2) is 41.9 Å². The van der Waals surface area contributed by atoms with Crippen LogP contribution in [0.4, 0.5) is 14.6 Å². The van der Waals surface area contributed by atoms with Crippen molar-refractivity contribution in [2.75, 3.05) is 12.0 Å². The third-order valence-corrected chi connectivity index (χ3v) is 5.90. The lowest BCUT2D eigenvalue weighted by Gasteiger charge is -2.13. The fraction of sp³-hybridized carbons (Fsp3) is 0.292. The van der Waals surface area contributed by atoms with Crippen LogP contribution in [0.5, 0.6) is 0 Å². The van der Waals surface area contributed by atoms with Crippen molar-refractivity contribution in [1.82, 2.24) is 29.3 Å². The van der Waals surface area contributed by atoms with Crippen molar-refractivity contribution >= 4 is 24.1 Å². The van der Waals surface area contributed by atoms with Crippen molar-refractivity contribution in [2.24, 2.45) is 0 Å². The number of nitrogens with one attached hydrogen (secondary N) is 1. The first-order valence-corrected chi connectivity index (χ1v) is 11.0. The molecule has 1 aromatic carbocycles. The van der Waals surface area contributed by atoms with Gasteiger partial charge in [-0.2, -0.15) is 0 Å². The molecule has 1 saturated carbocycles. The number of rotatable bonds is 7. The van der Waals surface area contributed by atoms with Crippen LogP contribution in [0.2, 0.25) is 0 Å². The summed E-state index contributed by atoms with van der Waals surface area (Å²) in [5.74, 6) is -0.193. The molecular formula is C24H24ClF2N7O. The summed E-state index contributed by atoms with van der Waals surface area (Å²) >= 11 is 0. The van der Waals surface area contributed by atoms with Gasteiger partial charge in [-0.25, -0.2) is 18.7 Å². The number of anilines is 1. The lowest BCUT2D eigenvalue weighted by atomic mass is 10.1. The highest BCUT2D eigenvalue weighted by molar-refractivity contribution is 6.04. The van der Waals surface area contributed by atoms with Crippen molar-refractivity contribution < 1.29 is 13.6 Å². The fourth-order valence-electron chi connectivity index (χ4n) is 3.81. The van der Waals surface area contributed by atoms with Gasteiger partial charge in [0.15, 0.2) is 5.82 Å². The maximum absolute atomic E-state index is 14.8. The standard InChI is InChI=1S/C24H23F2N7O.ClH/c1-14-8-18(26)17(9-21(14)32-11-20(27-12-32)16-6-7-16)24(34)30-22-5-3-4-19(29-22)23-31-28-13-33(23)15(2)10-25;/h3-5,8-9,11-13,15-16H,6-7,10H2,1-2H3,(H,29,30,34);1H. The van der Waals surface area contributed by atoms with Gasteiger partial charge in [-0.3, -0.25) is 4.79 Å². The summed E-state index contributed by atoms with van der Waals surface area (Å²) in [5, 5.41) is 10.5. The second kappa shape index (κ2) is 9.91. The Morgan fingerprint density at radius 1 is 1.26 bits per heavy atom. The first-order chi connectivity index (χ1) is 16.4. The molecule has 1 fully saturated rings. The summed E-state index contributed by atoms with van der Waals surface area (Å²) in [6, 6.07) is 7.34. The van der Waals surface area contributed by atoms with Crippen molar-refractivity contribution in [3.63, 3.8) is 0 Å². The van der Waals surface area contributed by atoms with Gasteiger partial charge >= 0.3 is 0 Å². The number of carbonyl (C=O) groups excluding carboxylic acids is 1. The molecule has 8 nitrogen and oxygen atoms in total. The number of halogens is 3. The van der Waals surface area contributed by atoms with Crippen molar-refractivity contribution in [2.45, 2.75) is 38.6 Å². The number of benzene rings is 1. The number of imidazole rings is 1. The second-order valence-corrected chi connectivity index (χ2v) is 8.53. The van der Waals surface area contributed by atoms with Gasteiger partial charge in [-0.05, 0) is 56.5 Å². The molecule has 35 heavy (non-hydrogen) atoms. The number of alkyl halides is 1. The minimum atomic E-state index is -0.635. The van der Waals surface area contributed by atoms with E-state index in [4.69, 9.17) is 0 Å². The maximum Gasteiger partial charge on any atom is 0.259 e. The van der Waals surface area contributed by atoms with Crippen molar-refractivity contribution in [3.8, 4) is 17.2 Å². The van der Waals surface area contributed by atoms with Gasteiger partial charge in [0, 0.05) is 12.1 Å². The van der Waals surface area contributed by atoms with E-state index in [1.54, 1.807) is 42.9 Å². The zero-order valence-electron chi connectivity index (χ0n) is 19.2. The number of hydrogen-bond donors (Lipinski definition) is 1. The number of amides is 1. The predicted molar refractivity (Wildman–Crippen MR) is 129 cm³/mol. The van der Waals surface area contributed by atoms with E-state index in [1.807, 2.05) is 10.8 Å². The molecule has 1 N–H and O–H groups in total. The molecule has 1 aliphatic carbocycles. The summed E-state index contributed by atoms with van der Waals surface area (Å²) in [6.45, 7) is 2.90. The molecule has 0 spiro atoms. The first kappa shape index (κ1) is 24.5. The van der Waals surface area contributed by atoms with Gasteiger partial charge in [-0.1, -0.05) is 6.07 Å². The summed E-state index contributed by atoms with van der Waals surface area (Å²) in [7, 11) is 0. The summed E-state index contributed by atoms with van der Waals surface area (Å²) < 4.78 is 31.3. The molecule has 3 aromatic heterocycles. The highest BCUT2D eigenvalue weighted by atomic mass is 35.5. The van der Waals surface area contributed by atoms with Crippen LogP contribution < -0.4 is 5.32 Å². The van der Waals surface area contributed by atoms with E-state index in [2.05, 4.69) is 25.5 Å². The molecule has 0 bridgehead atoms. The quantitative estimate of drug-likeness (QED) is 0.384. The van der Waals surface area contributed by atoms with E-state index in [-0.39, 0.29) is 23.8 Å². The van der Waals surface area contributed by atoms with Crippen LogP contribution in [0.15, 0.2) is 49.2 Å². The SMILES string of the molecule is Cc1cc(F)c(C(=O)Nc2cccc(-c3nncn3C(C)CF)n2)cc1-n1cnc(C2CC2)c1.Cl. The minimum absolute atomic E-state index is 0. The highest BCUT2D eigenvalue weighted by Crippen LogP contribution is 2.39. The maximum atomic E-state index is 14.8. The van der Waals surface area contributed by atoms with Crippen LogP contribution in [0.1, 0.15) is 53.3 Å². The molecule has 3 heterocycles. The predicted octanol–water partition coefficient (Wildman–Crippen LogP) is 5.06. The average Bonchev–Trinajstić information content (AvgIpc) is 3.35. The van der Waals surface area contributed by atoms with Crippen LogP contribution in [0.3, 0.4) is 0 Å². The molecule has 0 aliphatic heterocycles. The summed E-state index contributed by atoms with van der Waals surface area (Å²) in [4.78, 5) is 21.8. The van der Waals surface area contributed by atoms with Gasteiger partial charge in [0.1, 0.15) is 30.3 Å². The monoisotopic (exact) mass is 499 g/mol. The van der Waals surface area contributed by atoms with Crippen LogP contribution in [0, 0.1) is 12.7 Å². The lowest BCUT2D eigenvalue weighted by molar-refractivity contribution is 0.102. The lowest BCUT2D eigenvalue weighted by Crippen LogP contribution is -2.16. The molecule has 1 atom stereocenters. The van der Waals surface area contributed by atoms with E-state index in [9.17, 15) is 13.6 Å². The van der Waals surface area contributed by atoms with E-state index in [0.717, 1.165) is 18.5 Å². The van der Waals surface area contributed by atoms with E-state index in [0.29, 0.717) is 28.7 Å². The van der Waals surface area contributed by atoms with E-state index in [1.165, 1.54) is 18.5 Å². The van der Waals surface area contributed by atoms with Crippen LogP contribution in [0.25, 0.3) is 17.2 Å². The molecular weight excluding hydrogens is 476 g/mol. The highest BCUT2D eigenvalue weighted by Gasteiger charge is 2.26.